The molecule has 1 aromatic heterocycles. The van der Waals surface area contributed by atoms with Crippen LogP contribution in [0.15, 0.2) is 41.6 Å². The fourth-order valence-corrected chi connectivity index (χ4v) is 3.52. The highest BCUT2D eigenvalue weighted by Gasteiger charge is 2.24. The molecule has 0 aliphatic rings. The van der Waals surface area contributed by atoms with Gasteiger partial charge in [0.1, 0.15) is 4.90 Å². The van der Waals surface area contributed by atoms with Gasteiger partial charge < -0.3 is 0 Å². The zero-order valence-corrected chi connectivity index (χ0v) is 12.9. The Balaban J connectivity index is 2.28. The van der Waals surface area contributed by atoms with Crippen molar-refractivity contribution in [2.45, 2.75) is 18.4 Å². The molecule has 0 saturated heterocycles. The Morgan fingerprint density at radius 1 is 1.40 bits per heavy atom. The molecule has 0 bridgehead atoms. The summed E-state index contributed by atoms with van der Waals surface area (Å²) in [5, 5.41) is 4.51. The molecule has 0 amide bonds. The minimum atomic E-state index is -3.53. The van der Waals surface area contributed by atoms with Gasteiger partial charge in [-0.1, -0.05) is 30.7 Å². The molecule has 0 aliphatic heterocycles. The van der Waals surface area contributed by atoms with E-state index in [1.807, 2.05) is 12.1 Å². The van der Waals surface area contributed by atoms with Crippen LogP contribution in [0.5, 0.6) is 0 Å². The molecular weight excluding hydrogens is 298 g/mol. The second kappa shape index (κ2) is 5.95. The Kier molecular flexibility index (Phi) is 4.47. The summed E-state index contributed by atoms with van der Waals surface area (Å²) >= 11 is 5.92. The molecule has 0 radical (unpaired) electrons. The van der Waals surface area contributed by atoms with Gasteiger partial charge in [0.2, 0.25) is 10.0 Å². The van der Waals surface area contributed by atoms with E-state index in [-0.39, 0.29) is 11.4 Å². The van der Waals surface area contributed by atoms with E-state index in [0.717, 1.165) is 5.56 Å². The van der Waals surface area contributed by atoms with Crippen LogP contribution in [0.25, 0.3) is 0 Å². The maximum absolute atomic E-state index is 12.5. The molecule has 0 N–H and O–H groups in total. The monoisotopic (exact) mass is 313 g/mol. The van der Waals surface area contributed by atoms with Gasteiger partial charge in [-0.2, -0.15) is 9.40 Å². The largest absolute Gasteiger partial charge is 0.274 e. The first-order valence-electron chi connectivity index (χ1n) is 6.16. The standard InChI is InChI=1S/C13H16ClN3O2S/c1-3-17(9-11-5-4-6-12(14)7-11)20(18,19)13-8-15-16(2)10-13/h4-8,10H,3,9H2,1-2H3. The molecule has 2 rings (SSSR count). The molecule has 5 nitrogen and oxygen atoms in total. The number of hydrogen-bond donors (Lipinski definition) is 0. The van der Waals surface area contributed by atoms with Crippen molar-refractivity contribution in [3.8, 4) is 0 Å². The van der Waals surface area contributed by atoms with E-state index in [9.17, 15) is 8.42 Å². The van der Waals surface area contributed by atoms with Gasteiger partial charge in [0.05, 0.1) is 6.20 Å². The summed E-state index contributed by atoms with van der Waals surface area (Å²) in [6.07, 6.45) is 2.85. The zero-order valence-electron chi connectivity index (χ0n) is 11.3. The van der Waals surface area contributed by atoms with E-state index in [4.69, 9.17) is 11.6 Å². The van der Waals surface area contributed by atoms with Gasteiger partial charge in [-0.15, -0.1) is 0 Å². The summed E-state index contributed by atoms with van der Waals surface area (Å²) in [4.78, 5) is 0.198. The number of aryl methyl sites for hydroxylation is 1. The quantitative estimate of drug-likeness (QED) is 0.851. The van der Waals surface area contributed by atoms with Crippen LogP contribution in [-0.4, -0.2) is 29.0 Å². The van der Waals surface area contributed by atoms with Crippen molar-refractivity contribution in [3.63, 3.8) is 0 Å². The summed E-state index contributed by atoms with van der Waals surface area (Å²) in [5.41, 5.74) is 0.854. The third-order valence-electron chi connectivity index (χ3n) is 2.92. The van der Waals surface area contributed by atoms with Crippen LogP contribution in [-0.2, 0) is 23.6 Å². The van der Waals surface area contributed by atoms with Crippen LogP contribution in [0.1, 0.15) is 12.5 Å². The normalized spacial score (nSPS) is 12.0. The predicted octanol–water partition coefficient (Wildman–Crippen LogP) is 2.28. The Hall–Kier alpha value is -1.37. The smallest absolute Gasteiger partial charge is 0.246 e. The molecule has 1 aromatic carbocycles. The summed E-state index contributed by atoms with van der Waals surface area (Å²) in [5.74, 6) is 0. The minimum Gasteiger partial charge on any atom is -0.274 e. The Labute approximate surface area is 123 Å². The highest BCUT2D eigenvalue weighted by atomic mass is 35.5. The Bertz CT molecular complexity index is 697. The SMILES string of the molecule is CCN(Cc1cccc(Cl)c1)S(=O)(=O)c1cnn(C)c1. The number of sulfonamides is 1. The molecule has 108 valence electrons. The predicted molar refractivity (Wildman–Crippen MR) is 77.9 cm³/mol. The highest BCUT2D eigenvalue weighted by Crippen LogP contribution is 2.19. The van der Waals surface area contributed by atoms with Crippen molar-refractivity contribution < 1.29 is 8.42 Å². The third kappa shape index (κ3) is 3.20. The molecule has 0 aliphatic carbocycles. The first kappa shape index (κ1) is 15.0. The molecule has 0 unspecified atom stereocenters. The lowest BCUT2D eigenvalue weighted by atomic mass is 10.2. The Morgan fingerprint density at radius 2 is 2.15 bits per heavy atom. The number of nitrogens with zero attached hydrogens (tertiary/aromatic N) is 3. The van der Waals surface area contributed by atoms with Crippen LogP contribution in [0, 0.1) is 0 Å². The zero-order chi connectivity index (χ0) is 14.8. The van der Waals surface area contributed by atoms with Crippen molar-refractivity contribution in [1.82, 2.24) is 14.1 Å². The van der Waals surface area contributed by atoms with Crippen molar-refractivity contribution in [2.24, 2.45) is 7.05 Å². The number of rotatable bonds is 5. The lowest BCUT2D eigenvalue weighted by Crippen LogP contribution is -2.30. The summed E-state index contributed by atoms with van der Waals surface area (Å²) in [7, 11) is -1.85. The van der Waals surface area contributed by atoms with Gasteiger partial charge in [-0.05, 0) is 17.7 Å². The lowest BCUT2D eigenvalue weighted by Gasteiger charge is -2.19. The van der Waals surface area contributed by atoms with Crippen LogP contribution >= 0.6 is 11.6 Å². The fourth-order valence-electron chi connectivity index (χ4n) is 1.89. The summed E-state index contributed by atoms with van der Waals surface area (Å²) in [6, 6.07) is 7.19. The van der Waals surface area contributed by atoms with E-state index in [2.05, 4.69) is 5.10 Å². The van der Waals surface area contributed by atoms with Crippen LogP contribution < -0.4 is 0 Å². The second-order valence-electron chi connectivity index (χ2n) is 4.41. The van der Waals surface area contributed by atoms with Crippen LogP contribution in [0.2, 0.25) is 5.02 Å². The molecule has 1 heterocycles. The van der Waals surface area contributed by atoms with E-state index >= 15 is 0 Å². The van der Waals surface area contributed by atoms with Gasteiger partial charge in [-0.25, -0.2) is 8.42 Å². The van der Waals surface area contributed by atoms with Gasteiger partial charge in [0, 0.05) is 31.4 Å². The first-order valence-corrected chi connectivity index (χ1v) is 7.98. The van der Waals surface area contributed by atoms with Crippen molar-refractivity contribution in [1.29, 1.82) is 0 Å². The van der Waals surface area contributed by atoms with Crippen molar-refractivity contribution >= 4 is 21.6 Å². The highest BCUT2D eigenvalue weighted by molar-refractivity contribution is 7.89. The molecule has 0 spiro atoms. The fraction of sp³-hybridized carbons (Fsp3) is 0.308. The number of benzene rings is 1. The molecule has 0 fully saturated rings. The van der Waals surface area contributed by atoms with Crippen molar-refractivity contribution in [3.05, 3.63) is 47.2 Å². The van der Waals surface area contributed by atoms with E-state index in [0.29, 0.717) is 11.6 Å². The third-order valence-corrected chi connectivity index (χ3v) is 5.03. The average Bonchev–Trinajstić information content (AvgIpc) is 2.83. The molecule has 20 heavy (non-hydrogen) atoms. The Morgan fingerprint density at radius 3 is 2.70 bits per heavy atom. The van der Waals surface area contributed by atoms with Gasteiger partial charge in [-0.3, -0.25) is 4.68 Å². The lowest BCUT2D eigenvalue weighted by molar-refractivity contribution is 0.423. The minimum absolute atomic E-state index is 0.198. The molecule has 0 atom stereocenters. The van der Waals surface area contributed by atoms with Crippen molar-refractivity contribution in [2.75, 3.05) is 6.54 Å². The van der Waals surface area contributed by atoms with E-state index in [1.54, 1.807) is 26.1 Å². The molecule has 0 saturated carbocycles. The molecular formula is C13H16ClN3O2S. The van der Waals surface area contributed by atoms with Gasteiger partial charge in [0.25, 0.3) is 0 Å². The topological polar surface area (TPSA) is 55.2 Å². The number of halogens is 1. The first-order chi connectivity index (χ1) is 9.43. The molecule has 7 heteroatoms. The van der Waals surface area contributed by atoms with Crippen LogP contribution in [0.3, 0.4) is 0 Å². The number of hydrogen-bond acceptors (Lipinski definition) is 3. The number of aromatic nitrogens is 2. The van der Waals surface area contributed by atoms with E-state index < -0.39 is 10.0 Å². The average molecular weight is 314 g/mol. The summed E-state index contributed by atoms with van der Waals surface area (Å²) < 4.78 is 27.9. The molecule has 2 aromatic rings. The maximum Gasteiger partial charge on any atom is 0.246 e. The van der Waals surface area contributed by atoms with Crippen LogP contribution in [0.4, 0.5) is 0 Å². The maximum atomic E-state index is 12.5. The van der Waals surface area contributed by atoms with Gasteiger partial charge in [0.15, 0.2) is 0 Å². The second-order valence-corrected chi connectivity index (χ2v) is 6.79. The summed E-state index contributed by atoms with van der Waals surface area (Å²) in [6.45, 7) is 2.47. The van der Waals surface area contributed by atoms with Gasteiger partial charge >= 0.3 is 0 Å². The van der Waals surface area contributed by atoms with E-state index in [1.165, 1.54) is 21.4 Å².